The van der Waals surface area contributed by atoms with Gasteiger partial charge in [0.2, 0.25) is 0 Å². The molecule has 1 aromatic carbocycles. The fraction of sp³-hybridized carbons (Fsp3) is 0.0833. The summed E-state index contributed by atoms with van der Waals surface area (Å²) in [5.74, 6) is 0. The fourth-order valence-corrected chi connectivity index (χ4v) is 1.72. The molecule has 2 aromatic rings. The molecule has 1 aromatic heterocycles. The van der Waals surface area contributed by atoms with Crippen LogP contribution in [-0.4, -0.2) is 4.98 Å². The van der Waals surface area contributed by atoms with Crippen molar-refractivity contribution in [2.75, 3.05) is 0 Å². The van der Waals surface area contributed by atoms with Gasteiger partial charge in [0.1, 0.15) is 0 Å². The predicted octanol–water partition coefficient (Wildman–Crippen LogP) is 3.24. The Labute approximate surface area is 91.9 Å². The average molecular weight is 247 g/mol. The number of nitrogens with zero attached hydrogens (tertiary/aromatic N) is 1. The van der Waals surface area contributed by atoms with Gasteiger partial charge in [0.15, 0.2) is 0 Å². The maximum Gasteiger partial charge on any atom is 0.0303 e. The van der Waals surface area contributed by atoms with Crippen LogP contribution < -0.4 is 0 Å². The van der Waals surface area contributed by atoms with Gasteiger partial charge in [0.05, 0.1) is 0 Å². The molecular formula is C12H9BrN. The standard InChI is InChI=1S/C12H9BrN/c13-12-6-2-1-5-11(12)8-10-4-3-7-14-9-10/h1-5,7,9H,8H2. The summed E-state index contributed by atoms with van der Waals surface area (Å²) in [6.45, 7) is 0. The summed E-state index contributed by atoms with van der Waals surface area (Å²) in [6, 6.07) is 13.1. The largest absolute Gasteiger partial charge is 0.264 e. The molecule has 69 valence electrons. The Morgan fingerprint density at radius 2 is 2.21 bits per heavy atom. The van der Waals surface area contributed by atoms with Gasteiger partial charge in [-0.25, -0.2) is 0 Å². The number of benzene rings is 1. The van der Waals surface area contributed by atoms with Gasteiger partial charge >= 0.3 is 0 Å². The van der Waals surface area contributed by atoms with Crippen molar-refractivity contribution in [1.29, 1.82) is 0 Å². The van der Waals surface area contributed by atoms with E-state index in [1.165, 1.54) is 11.1 Å². The number of pyridine rings is 1. The third kappa shape index (κ3) is 2.20. The zero-order chi connectivity index (χ0) is 9.80. The number of halogens is 1. The summed E-state index contributed by atoms with van der Waals surface area (Å²) in [6.07, 6.45) is 4.57. The molecule has 0 spiro atoms. The molecule has 14 heavy (non-hydrogen) atoms. The van der Waals surface area contributed by atoms with Crippen LogP contribution in [0.4, 0.5) is 0 Å². The first kappa shape index (κ1) is 9.41. The van der Waals surface area contributed by atoms with Gasteiger partial charge in [-0.15, -0.1) is 0 Å². The van der Waals surface area contributed by atoms with Crippen LogP contribution in [0.1, 0.15) is 11.1 Å². The molecule has 0 N–H and O–H groups in total. The van der Waals surface area contributed by atoms with Gasteiger partial charge in [-0.3, -0.25) is 4.98 Å². The zero-order valence-corrected chi connectivity index (χ0v) is 9.16. The lowest BCUT2D eigenvalue weighted by Crippen LogP contribution is -1.89. The van der Waals surface area contributed by atoms with Crippen LogP contribution in [0, 0.1) is 6.07 Å². The molecule has 0 saturated heterocycles. The van der Waals surface area contributed by atoms with E-state index in [-0.39, 0.29) is 0 Å². The molecular weight excluding hydrogens is 238 g/mol. The number of aromatic nitrogens is 1. The lowest BCUT2D eigenvalue weighted by atomic mass is 10.1. The van der Waals surface area contributed by atoms with Gasteiger partial charge in [-0.2, -0.15) is 0 Å². The van der Waals surface area contributed by atoms with Gasteiger partial charge in [0.25, 0.3) is 0 Å². The Morgan fingerprint density at radius 1 is 1.29 bits per heavy atom. The summed E-state index contributed by atoms with van der Waals surface area (Å²) < 4.78 is 1.03. The van der Waals surface area contributed by atoms with Crippen molar-refractivity contribution in [2.45, 2.75) is 6.42 Å². The fourth-order valence-electron chi connectivity index (χ4n) is 1.31. The maximum atomic E-state index is 4.08. The van der Waals surface area contributed by atoms with Crippen LogP contribution >= 0.6 is 15.9 Å². The quantitative estimate of drug-likeness (QED) is 0.793. The molecule has 2 heteroatoms. The molecule has 0 aliphatic rings. The number of rotatable bonds is 2. The lowest BCUT2D eigenvalue weighted by Gasteiger charge is -2.02. The van der Waals surface area contributed by atoms with E-state index < -0.39 is 0 Å². The molecule has 0 unspecified atom stereocenters. The molecule has 0 saturated carbocycles. The van der Waals surface area contributed by atoms with Crippen molar-refractivity contribution in [2.24, 2.45) is 0 Å². The normalized spacial score (nSPS) is 10.1. The Hall–Kier alpha value is -1.15. The van der Waals surface area contributed by atoms with Crippen molar-refractivity contribution >= 4 is 15.9 Å². The number of hydrogen-bond acceptors (Lipinski definition) is 1. The minimum Gasteiger partial charge on any atom is -0.264 e. The minimum atomic E-state index is 0.895. The number of hydrogen-bond donors (Lipinski definition) is 0. The molecule has 0 fully saturated rings. The summed E-state index contributed by atoms with van der Waals surface area (Å²) in [5, 5.41) is 0. The van der Waals surface area contributed by atoms with E-state index in [4.69, 9.17) is 0 Å². The first-order chi connectivity index (χ1) is 6.86. The summed E-state index contributed by atoms with van der Waals surface area (Å²) in [7, 11) is 0. The van der Waals surface area contributed by atoms with E-state index in [1.54, 1.807) is 6.20 Å². The maximum absolute atomic E-state index is 4.08. The Kier molecular flexibility index (Phi) is 2.94. The monoisotopic (exact) mass is 246 g/mol. The van der Waals surface area contributed by atoms with Crippen LogP contribution in [0.5, 0.6) is 0 Å². The zero-order valence-electron chi connectivity index (χ0n) is 7.57. The van der Waals surface area contributed by atoms with E-state index in [0.29, 0.717) is 0 Å². The van der Waals surface area contributed by atoms with Crippen LogP contribution in [0.15, 0.2) is 47.2 Å². The second-order valence-electron chi connectivity index (χ2n) is 3.05. The topological polar surface area (TPSA) is 12.9 Å². The van der Waals surface area contributed by atoms with Crippen LogP contribution in [0.25, 0.3) is 0 Å². The van der Waals surface area contributed by atoms with Crippen molar-refractivity contribution in [1.82, 2.24) is 4.98 Å². The van der Waals surface area contributed by atoms with Gasteiger partial charge in [-0.05, 0) is 39.2 Å². The van der Waals surface area contributed by atoms with E-state index >= 15 is 0 Å². The van der Waals surface area contributed by atoms with Crippen LogP contribution in [-0.2, 0) is 6.42 Å². The Bertz CT molecular complexity index is 412. The second kappa shape index (κ2) is 4.38. The van der Waals surface area contributed by atoms with Crippen LogP contribution in [0.2, 0.25) is 0 Å². The molecule has 0 amide bonds. The van der Waals surface area contributed by atoms with Crippen molar-refractivity contribution in [3.8, 4) is 0 Å². The summed E-state index contributed by atoms with van der Waals surface area (Å²) in [5.41, 5.74) is 2.45. The van der Waals surface area contributed by atoms with Crippen molar-refractivity contribution in [3.63, 3.8) is 0 Å². The Morgan fingerprint density at radius 3 is 2.93 bits per heavy atom. The van der Waals surface area contributed by atoms with Crippen molar-refractivity contribution in [3.05, 3.63) is 64.4 Å². The molecule has 0 aliphatic carbocycles. The molecule has 1 heterocycles. The molecule has 1 radical (unpaired) electrons. The Balaban J connectivity index is 2.24. The average Bonchev–Trinajstić information content (AvgIpc) is 2.23. The first-order valence-electron chi connectivity index (χ1n) is 4.40. The second-order valence-corrected chi connectivity index (χ2v) is 3.84. The summed E-state index contributed by atoms with van der Waals surface area (Å²) >= 11 is 3.48. The smallest absolute Gasteiger partial charge is 0.0303 e. The molecule has 0 bridgehead atoms. The van der Waals surface area contributed by atoms with E-state index in [2.05, 4.69) is 39.1 Å². The molecule has 0 atom stereocenters. The highest BCUT2D eigenvalue weighted by Crippen LogP contribution is 2.18. The molecule has 0 aliphatic heterocycles. The molecule has 2 rings (SSSR count). The minimum absolute atomic E-state index is 0.895. The highest BCUT2D eigenvalue weighted by Gasteiger charge is 1.99. The van der Waals surface area contributed by atoms with Gasteiger partial charge in [-0.1, -0.05) is 24.3 Å². The van der Waals surface area contributed by atoms with E-state index in [1.807, 2.05) is 24.4 Å². The summed E-state index contributed by atoms with van der Waals surface area (Å²) in [4.78, 5) is 4.08. The highest BCUT2D eigenvalue weighted by molar-refractivity contribution is 9.10. The molecule has 1 nitrogen and oxygen atoms in total. The third-order valence-corrected chi connectivity index (χ3v) is 2.74. The third-order valence-electron chi connectivity index (χ3n) is 2.00. The first-order valence-corrected chi connectivity index (χ1v) is 5.19. The van der Waals surface area contributed by atoms with Gasteiger partial charge < -0.3 is 0 Å². The van der Waals surface area contributed by atoms with Crippen LogP contribution in [0.3, 0.4) is 0 Å². The highest BCUT2D eigenvalue weighted by atomic mass is 79.9. The lowest BCUT2D eigenvalue weighted by molar-refractivity contribution is 1.14. The van der Waals surface area contributed by atoms with Gasteiger partial charge in [0, 0.05) is 23.3 Å². The predicted molar refractivity (Wildman–Crippen MR) is 60.0 cm³/mol. The van der Waals surface area contributed by atoms with E-state index in [0.717, 1.165) is 10.9 Å². The SMILES string of the molecule is Brc1[c]cccc1Cc1cccnc1. The van der Waals surface area contributed by atoms with E-state index in [9.17, 15) is 0 Å². The van der Waals surface area contributed by atoms with Crippen molar-refractivity contribution < 1.29 is 0 Å².